The Hall–Kier alpha value is -1.72. The average Bonchev–Trinajstić information content (AvgIpc) is 2.50. The van der Waals surface area contributed by atoms with Gasteiger partial charge in [0.15, 0.2) is 5.78 Å². The molecule has 0 saturated heterocycles. The predicted molar refractivity (Wildman–Crippen MR) is 89.6 cm³/mol. The molecule has 1 atom stereocenters. The molecule has 0 radical (unpaired) electrons. The number of aliphatic hydroxyl groups excluding tert-OH is 1. The summed E-state index contributed by atoms with van der Waals surface area (Å²) in [6, 6.07) is 6.73. The monoisotopic (exact) mass is 321 g/mol. The lowest BCUT2D eigenvalue weighted by Crippen LogP contribution is -2.40. The molecule has 0 heterocycles. The van der Waals surface area contributed by atoms with Gasteiger partial charge in [0, 0.05) is 12.1 Å². The molecule has 0 saturated carbocycles. The molecule has 23 heavy (non-hydrogen) atoms. The van der Waals surface area contributed by atoms with Gasteiger partial charge in [-0.05, 0) is 17.9 Å². The normalized spacial score (nSPS) is 12.7. The van der Waals surface area contributed by atoms with Crippen LogP contribution in [0.4, 0.5) is 0 Å². The third-order valence-corrected chi connectivity index (χ3v) is 3.53. The van der Waals surface area contributed by atoms with Gasteiger partial charge in [-0.2, -0.15) is 0 Å². The minimum atomic E-state index is -0.693. The highest BCUT2D eigenvalue weighted by Gasteiger charge is 2.24. The summed E-state index contributed by atoms with van der Waals surface area (Å²) in [4.78, 5) is 24.3. The molecule has 0 bridgehead atoms. The number of rotatable bonds is 8. The van der Waals surface area contributed by atoms with Gasteiger partial charge in [-0.1, -0.05) is 45.0 Å². The maximum atomic E-state index is 12.6. The van der Waals surface area contributed by atoms with Crippen LogP contribution < -0.4 is 5.32 Å². The fraction of sp³-hybridized carbons (Fsp3) is 0.556. The molecule has 0 aliphatic carbocycles. The van der Waals surface area contributed by atoms with Crippen LogP contribution >= 0.6 is 0 Å². The molecular formula is C18H27NO4. The van der Waals surface area contributed by atoms with Gasteiger partial charge in [0.05, 0.1) is 25.7 Å². The van der Waals surface area contributed by atoms with Gasteiger partial charge >= 0.3 is 5.97 Å². The van der Waals surface area contributed by atoms with Crippen molar-refractivity contribution in [3.05, 3.63) is 35.4 Å². The van der Waals surface area contributed by atoms with Crippen LogP contribution in [0.1, 0.15) is 50.0 Å². The first-order chi connectivity index (χ1) is 10.8. The van der Waals surface area contributed by atoms with Gasteiger partial charge in [-0.25, -0.2) is 0 Å². The Bertz CT molecular complexity index is 517. The molecule has 5 nitrogen and oxygen atoms in total. The van der Waals surface area contributed by atoms with Gasteiger partial charge in [0.1, 0.15) is 0 Å². The number of Topliss-reactive ketones (excluding diaryl/α,β-unsaturated/α-hetero) is 1. The number of hydrogen-bond acceptors (Lipinski definition) is 5. The molecule has 1 rings (SSSR count). The molecule has 1 unspecified atom stereocenters. The first-order valence-corrected chi connectivity index (χ1v) is 7.94. The number of ketones is 1. The van der Waals surface area contributed by atoms with Crippen molar-refractivity contribution in [1.82, 2.24) is 5.32 Å². The van der Waals surface area contributed by atoms with Gasteiger partial charge in [-0.15, -0.1) is 0 Å². The molecule has 0 fully saturated rings. The summed E-state index contributed by atoms with van der Waals surface area (Å²) in [6.45, 7) is 8.47. The van der Waals surface area contributed by atoms with Crippen molar-refractivity contribution < 1.29 is 19.4 Å². The molecule has 1 aromatic rings. The van der Waals surface area contributed by atoms with Crippen LogP contribution in [0, 0.1) is 0 Å². The number of ether oxygens (including phenoxy) is 1. The Morgan fingerprint density at radius 2 is 1.83 bits per heavy atom. The van der Waals surface area contributed by atoms with Crippen LogP contribution in [-0.4, -0.2) is 42.7 Å². The van der Waals surface area contributed by atoms with Crippen molar-refractivity contribution >= 4 is 11.8 Å². The zero-order valence-electron chi connectivity index (χ0n) is 14.4. The van der Waals surface area contributed by atoms with Gasteiger partial charge in [0.25, 0.3) is 0 Å². The quantitative estimate of drug-likeness (QED) is 0.566. The fourth-order valence-electron chi connectivity index (χ4n) is 2.22. The van der Waals surface area contributed by atoms with E-state index in [0.717, 1.165) is 5.56 Å². The number of esters is 1. The lowest BCUT2D eigenvalue weighted by molar-refractivity contribution is -0.143. The second-order valence-electron chi connectivity index (χ2n) is 6.43. The van der Waals surface area contributed by atoms with E-state index in [1.807, 2.05) is 12.1 Å². The molecule has 0 aromatic heterocycles. The minimum Gasteiger partial charge on any atom is -0.466 e. The second-order valence-corrected chi connectivity index (χ2v) is 6.43. The highest BCUT2D eigenvalue weighted by atomic mass is 16.5. The molecule has 2 N–H and O–H groups in total. The Balaban J connectivity index is 2.88. The number of carbonyl (C=O) groups excluding carboxylic acids is 2. The van der Waals surface area contributed by atoms with E-state index in [1.54, 1.807) is 19.1 Å². The number of benzene rings is 1. The number of aliphatic hydroxyl groups is 1. The van der Waals surface area contributed by atoms with Crippen LogP contribution in [0.5, 0.6) is 0 Å². The van der Waals surface area contributed by atoms with E-state index >= 15 is 0 Å². The van der Waals surface area contributed by atoms with Gasteiger partial charge < -0.3 is 15.2 Å². The summed E-state index contributed by atoms with van der Waals surface area (Å²) in [5.74, 6) is -0.602. The number of hydrogen-bond donors (Lipinski definition) is 2. The van der Waals surface area contributed by atoms with Crippen molar-refractivity contribution in [2.75, 3.05) is 19.8 Å². The molecule has 0 amide bonds. The summed E-state index contributed by atoms with van der Waals surface area (Å²) in [6.07, 6.45) is -0.0479. The van der Waals surface area contributed by atoms with Crippen LogP contribution in [0.2, 0.25) is 0 Å². The van der Waals surface area contributed by atoms with Crippen LogP contribution in [0.25, 0.3) is 0 Å². The maximum Gasteiger partial charge on any atom is 0.307 e. The summed E-state index contributed by atoms with van der Waals surface area (Å²) in [5, 5.41) is 11.8. The van der Waals surface area contributed by atoms with Gasteiger partial charge in [-0.3, -0.25) is 9.59 Å². The van der Waals surface area contributed by atoms with E-state index in [4.69, 9.17) is 9.84 Å². The fourth-order valence-corrected chi connectivity index (χ4v) is 2.22. The van der Waals surface area contributed by atoms with Crippen molar-refractivity contribution in [1.29, 1.82) is 0 Å². The molecule has 5 heteroatoms. The largest absolute Gasteiger partial charge is 0.466 e. The SMILES string of the molecule is CCOC(=O)CC(NCCO)C(=O)c1ccc(C(C)(C)C)cc1. The molecule has 128 valence electrons. The van der Waals surface area contributed by atoms with E-state index in [9.17, 15) is 9.59 Å². The summed E-state index contributed by atoms with van der Waals surface area (Å²) in [7, 11) is 0. The summed E-state index contributed by atoms with van der Waals surface area (Å²) >= 11 is 0. The van der Waals surface area contributed by atoms with Crippen molar-refractivity contribution in [3.63, 3.8) is 0 Å². The summed E-state index contributed by atoms with van der Waals surface area (Å²) < 4.78 is 4.91. The van der Waals surface area contributed by atoms with Crippen molar-refractivity contribution in [2.45, 2.75) is 45.6 Å². The van der Waals surface area contributed by atoms with E-state index in [1.165, 1.54) is 0 Å². The third kappa shape index (κ3) is 6.12. The molecule has 0 aliphatic rings. The Kier molecular flexibility index (Phi) is 7.39. The third-order valence-electron chi connectivity index (χ3n) is 3.53. The standard InChI is InChI=1S/C18H27NO4/c1-5-23-16(21)12-15(19-10-11-20)17(22)13-6-8-14(9-7-13)18(2,3)4/h6-9,15,19-20H,5,10-12H2,1-4H3. The zero-order chi connectivity index (χ0) is 17.5. The van der Waals surface area contributed by atoms with Crippen molar-refractivity contribution in [3.8, 4) is 0 Å². The zero-order valence-corrected chi connectivity index (χ0v) is 14.4. The summed E-state index contributed by atoms with van der Waals surface area (Å²) in [5.41, 5.74) is 1.69. The van der Waals surface area contributed by atoms with Crippen LogP contribution in [0.15, 0.2) is 24.3 Å². The lowest BCUT2D eigenvalue weighted by Gasteiger charge is -2.20. The van der Waals surface area contributed by atoms with E-state index in [2.05, 4.69) is 26.1 Å². The van der Waals surface area contributed by atoms with E-state index in [-0.39, 0.29) is 37.4 Å². The highest BCUT2D eigenvalue weighted by Crippen LogP contribution is 2.22. The van der Waals surface area contributed by atoms with Crippen molar-refractivity contribution in [2.24, 2.45) is 0 Å². The first kappa shape index (κ1) is 19.3. The van der Waals surface area contributed by atoms with Crippen LogP contribution in [-0.2, 0) is 14.9 Å². The number of nitrogens with one attached hydrogen (secondary N) is 1. The molecule has 0 aliphatic heterocycles. The molecular weight excluding hydrogens is 294 g/mol. The highest BCUT2D eigenvalue weighted by molar-refractivity contribution is 6.01. The second kappa shape index (κ2) is 8.79. The van der Waals surface area contributed by atoms with E-state index < -0.39 is 12.0 Å². The smallest absolute Gasteiger partial charge is 0.307 e. The maximum absolute atomic E-state index is 12.6. The average molecular weight is 321 g/mol. The predicted octanol–water partition coefficient (Wildman–Crippen LogP) is 2.07. The van der Waals surface area contributed by atoms with Gasteiger partial charge in [0.2, 0.25) is 0 Å². The van der Waals surface area contributed by atoms with E-state index in [0.29, 0.717) is 5.56 Å². The van der Waals surface area contributed by atoms with Crippen LogP contribution in [0.3, 0.4) is 0 Å². The lowest BCUT2D eigenvalue weighted by atomic mass is 9.86. The Labute approximate surface area is 138 Å². The Morgan fingerprint density at radius 3 is 2.30 bits per heavy atom. The Morgan fingerprint density at radius 1 is 1.22 bits per heavy atom. The molecule has 0 spiro atoms. The number of carbonyl (C=O) groups is 2. The topological polar surface area (TPSA) is 75.6 Å². The molecule has 1 aromatic carbocycles. The first-order valence-electron chi connectivity index (χ1n) is 7.94. The minimum absolute atomic E-state index is 0.0149.